The van der Waals surface area contributed by atoms with Crippen molar-refractivity contribution in [2.24, 2.45) is 4.99 Å². The quantitative estimate of drug-likeness (QED) is 0.590. The second-order valence-electron chi connectivity index (χ2n) is 3.52. The predicted octanol–water partition coefficient (Wildman–Crippen LogP) is 2.35. The highest BCUT2D eigenvalue weighted by atomic mass is 15.0. The van der Waals surface area contributed by atoms with Crippen LogP contribution in [0.2, 0.25) is 0 Å². The first-order chi connectivity index (χ1) is 5.89. The highest BCUT2D eigenvalue weighted by molar-refractivity contribution is 5.79. The van der Waals surface area contributed by atoms with Gasteiger partial charge in [0.15, 0.2) is 0 Å². The molecule has 2 nitrogen and oxygen atoms in total. The van der Waals surface area contributed by atoms with Gasteiger partial charge in [-0.05, 0) is 19.8 Å². The van der Waals surface area contributed by atoms with Gasteiger partial charge in [-0.25, -0.2) is 0 Å². The SMILES string of the molecule is CC1=NCCCCCCCCN1. The average molecular weight is 168 g/mol. The van der Waals surface area contributed by atoms with Gasteiger partial charge in [-0.3, -0.25) is 4.99 Å². The van der Waals surface area contributed by atoms with Gasteiger partial charge < -0.3 is 5.32 Å². The molecule has 0 spiro atoms. The van der Waals surface area contributed by atoms with E-state index in [-0.39, 0.29) is 0 Å². The third kappa shape index (κ3) is 4.37. The zero-order valence-corrected chi connectivity index (χ0v) is 8.10. The Hall–Kier alpha value is -0.530. The highest BCUT2D eigenvalue weighted by Gasteiger charge is 1.95. The van der Waals surface area contributed by atoms with Gasteiger partial charge in [-0.1, -0.05) is 25.7 Å². The number of nitrogens with zero attached hydrogens (tertiary/aromatic N) is 1. The molecule has 0 aliphatic carbocycles. The first-order valence-electron chi connectivity index (χ1n) is 5.14. The smallest absolute Gasteiger partial charge is 0.0931 e. The third-order valence-electron chi connectivity index (χ3n) is 2.31. The molecule has 1 aliphatic rings. The van der Waals surface area contributed by atoms with Gasteiger partial charge in [0, 0.05) is 13.1 Å². The Morgan fingerprint density at radius 1 is 1.00 bits per heavy atom. The summed E-state index contributed by atoms with van der Waals surface area (Å²) in [6.45, 7) is 4.19. The van der Waals surface area contributed by atoms with Gasteiger partial charge in [-0.15, -0.1) is 0 Å². The predicted molar refractivity (Wildman–Crippen MR) is 53.7 cm³/mol. The summed E-state index contributed by atoms with van der Waals surface area (Å²) in [5.74, 6) is 1.12. The Bertz CT molecular complexity index is 141. The van der Waals surface area contributed by atoms with Crippen LogP contribution in [0.15, 0.2) is 4.99 Å². The van der Waals surface area contributed by atoms with E-state index in [0.717, 1.165) is 18.9 Å². The Labute approximate surface area is 75.5 Å². The van der Waals surface area contributed by atoms with E-state index in [4.69, 9.17) is 0 Å². The van der Waals surface area contributed by atoms with E-state index in [2.05, 4.69) is 17.2 Å². The molecule has 2 heteroatoms. The first kappa shape index (κ1) is 9.56. The topological polar surface area (TPSA) is 24.4 Å². The van der Waals surface area contributed by atoms with Crippen molar-refractivity contribution in [2.75, 3.05) is 13.1 Å². The van der Waals surface area contributed by atoms with Crippen LogP contribution in [0.5, 0.6) is 0 Å². The molecular formula is C10H20N2. The van der Waals surface area contributed by atoms with E-state index < -0.39 is 0 Å². The lowest BCUT2D eigenvalue weighted by Crippen LogP contribution is -2.21. The molecule has 0 aromatic heterocycles. The minimum atomic E-state index is 1.01. The Morgan fingerprint density at radius 2 is 1.67 bits per heavy atom. The maximum absolute atomic E-state index is 4.43. The van der Waals surface area contributed by atoms with Crippen molar-refractivity contribution < 1.29 is 0 Å². The monoisotopic (exact) mass is 168 g/mol. The van der Waals surface area contributed by atoms with Crippen LogP contribution in [0.1, 0.15) is 45.4 Å². The van der Waals surface area contributed by atoms with E-state index in [0.29, 0.717) is 0 Å². The van der Waals surface area contributed by atoms with Crippen LogP contribution in [0.3, 0.4) is 0 Å². The maximum Gasteiger partial charge on any atom is 0.0931 e. The summed E-state index contributed by atoms with van der Waals surface area (Å²) in [4.78, 5) is 4.43. The molecule has 0 atom stereocenters. The molecule has 0 bridgehead atoms. The molecule has 1 aliphatic heterocycles. The molecule has 0 saturated heterocycles. The van der Waals surface area contributed by atoms with Gasteiger partial charge in [0.05, 0.1) is 5.84 Å². The molecule has 0 aromatic carbocycles. The zero-order valence-electron chi connectivity index (χ0n) is 8.10. The summed E-state index contributed by atoms with van der Waals surface area (Å²) in [5, 5.41) is 3.33. The third-order valence-corrected chi connectivity index (χ3v) is 2.31. The summed E-state index contributed by atoms with van der Waals surface area (Å²) in [6, 6.07) is 0. The van der Waals surface area contributed by atoms with Crippen LogP contribution in [0.25, 0.3) is 0 Å². The van der Waals surface area contributed by atoms with Crippen molar-refractivity contribution in [2.45, 2.75) is 45.4 Å². The molecule has 70 valence electrons. The van der Waals surface area contributed by atoms with Crippen LogP contribution in [0.4, 0.5) is 0 Å². The van der Waals surface area contributed by atoms with Crippen molar-refractivity contribution in [3.63, 3.8) is 0 Å². The average Bonchev–Trinajstić information content (AvgIpc) is 2.11. The molecule has 1 N–H and O–H groups in total. The lowest BCUT2D eigenvalue weighted by molar-refractivity contribution is 0.600. The largest absolute Gasteiger partial charge is 0.374 e. The molecular weight excluding hydrogens is 148 g/mol. The van der Waals surface area contributed by atoms with Crippen LogP contribution >= 0.6 is 0 Å². The van der Waals surface area contributed by atoms with E-state index in [1.54, 1.807) is 0 Å². The second kappa shape index (κ2) is 6.04. The maximum atomic E-state index is 4.43. The number of amidine groups is 1. The standard InChI is InChI=1S/C10H20N2/c1-10-11-8-6-4-2-3-5-7-9-12-10/h2-9H2,1H3,(H,11,12). The van der Waals surface area contributed by atoms with Gasteiger partial charge in [-0.2, -0.15) is 0 Å². The van der Waals surface area contributed by atoms with Gasteiger partial charge in [0.25, 0.3) is 0 Å². The van der Waals surface area contributed by atoms with Gasteiger partial charge >= 0.3 is 0 Å². The molecule has 0 radical (unpaired) electrons. The van der Waals surface area contributed by atoms with Gasteiger partial charge in [0.2, 0.25) is 0 Å². The van der Waals surface area contributed by atoms with Crippen molar-refractivity contribution in [1.82, 2.24) is 5.32 Å². The Balaban J connectivity index is 2.25. The van der Waals surface area contributed by atoms with E-state index in [1.807, 2.05) is 0 Å². The molecule has 12 heavy (non-hydrogen) atoms. The minimum Gasteiger partial charge on any atom is -0.374 e. The Morgan fingerprint density at radius 3 is 2.50 bits per heavy atom. The van der Waals surface area contributed by atoms with Gasteiger partial charge in [0.1, 0.15) is 0 Å². The molecule has 0 fully saturated rings. The summed E-state index contributed by atoms with van der Waals surface area (Å²) in [7, 11) is 0. The summed E-state index contributed by atoms with van der Waals surface area (Å²) in [5.41, 5.74) is 0. The number of hydrogen-bond acceptors (Lipinski definition) is 2. The van der Waals surface area contributed by atoms with E-state index in [9.17, 15) is 0 Å². The highest BCUT2D eigenvalue weighted by Crippen LogP contribution is 2.05. The zero-order chi connectivity index (χ0) is 8.65. The van der Waals surface area contributed by atoms with E-state index in [1.165, 1.54) is 38.5 Å². The van der Waals surface area contributed by atoms with Crippen LogP contribution in [0, 0.1) is 0 Å². The fraction of sp³-hybridized carbons (Fsp3) is 0.900. The minimum absolute atomic E-state index is 1.01. The normalized spacial score (nSPS) is 21.9. The molecule has 1 rings (SSSR count). The van der Waals surface area contributed by atoms with Crippen molar-refractivity contribution in [3.8, 4) is 0 Å². The summed E-state index contributed by atoms with van der Waals surface area (Å²) >= 11 is 0. The number of nitrogens with one attached hydrogen (secondary N) is 1. The Kier molecular flexibility index (Phi) is 4.81. The lowest BCUT2D eigenvalue weighted by Gasteiger charge is -2.03. The molecule has 0 unspecified atom stereocenters. The molecule has 0 aromatic rings. The van der Waals surface area contributed by atoms with E-state index >= 15 is 0 Å². The van der Waals surface area contributed by atoms with Crippen LogP contribution in [-0.4, -0.2) is 18.9 Å². The van der Waals surface area contributed by atoms with Crippen molar-refractivity contribution in [1.29, 1.82) is 0 Å². The number of rotatable bonds is 0. The lowest BCUT2D eigenvalue weighted by atomic mass is 10.1. The summed E-state index contributed by atoms with van der Waals surface area (Å²) in [6.07, 6.45) is 8.10. The molecule has 1 heterocycles. The van der Waals surface area contributed by atoms with Crippen molar-refractivity contribution >= 4 is 5.84 Å². The van der Waals surface area contributed by atoms with Crippen molar-refractivity contribution in [3.05, 3.63) is 0 Å². The van der Waals surface area contributed by atoms with Crippen LogP contribution < -0.4 is 5.32 Å². The number of aliphatic imine (C=N–C) groups is 1. The number of hydrogen-bond donors (Lipinski definition) is 1. The second-order valence-corrected chi connectivity index (χ2v) is 3.52. The van der Waals surface area contributed by atoms with Crippen LogP contribution in [-0.2, 0) is 0 Å². The fourth-order valence-electron chi connectivity index (χ4n) is 1.52. The first-order valence-corrected chi connectivity index (χ1v) is 5.14. The molecule has 0 saturated carbocycles. The molecule has 0 amide bonds. The summed E-state index contributed by atoms with van der Waals surface area (Å²) < 4.78 is 0. The fourth-order valence-corrected chi connectivity index (χ4v) is 1.52.